The highest BCUT2D eigenvalue weighted by molar-refractivity contribution is 7.99. The monoisotopic (exact) mass is 272 g/mol. The number of likely N-dealkylation sites (N-methyl/N-ethyl adjacent to an activating group) is 1. The maximum absolute atomic E-state index is 10.6. The molecule has 7 heteroatoms. The van der Waals surface area contributed by atoms with Crippen molar-refractivity contribution in [3.8, 4) is 0 Å². The van der Waals surface area contributed by atoms with E-state index in [0.717, 1.165) is 31.8 Å². The molecule has 18 heavy (non-hydrogen) atoms. The van der Waals surface area contributed by atoms with Crippen LogP contribution in [0.5, 0.6) is 0 Å². The molecule has 0 aliphatic carbocycles. The maximum Gasteiger partial charge on any atom is 0.313 e. The molecule has 6 nitrogen and oxygen atoms in total. The molecule has 0 bridgehead atoms. The fourth-order valence-corrected chi connectivity index (χ4v) is 2.21. The average Bonchev–Trinajstić information content (AvgIpc) is 2.67. The third kappa shape index (κ3) is 4.66. The summed E-state index contributed by atoms with van der Waals surface area (Å²) >= 11 is 1.23. The summed E-state index contributed by atoms with van der Waals surface area (Å²) in [7, 11) is 4.03. The molecule has 0 aliphatic heterocycles. The summed E-state index contributed by atoms with van der Waals surface area (Å²) in [5, 5.41) is 17.6. The van der Waals surface area contributed by atoms with Crippen molar-refractivity contribution < 1.29 is 9.90 Å². The van der Waals surface area contributed by atoms with Crippen LogP contribution >= 0.6 is 11.8 Å². The molecule has 0 spiro atoms. The van der Waals surface area contributed by atoms with Crippen molar-refractivity contribution in [1.82, 2.24) is 19.7 Å². The van der Waals surface area contributed by atoms with Crippen LogP contribution in [0.2, 0.25) is 0 Å². The maximum atomic E-state index is 10.6. The minimum Gasteiger partial charge on any atom is -0.481 e. The summed E-state index contributed by atoms with van der Waals surface area (Å²) in [6.45, 7) is 3.82. The Balaban J connectivity index is 2.74. The van der Waals surface area contributed by atoms with E-state index in [1.54, 1.807) is 0 Å². The summed E-state index contributed by atoms with van der Waals surface area (Å²) in [5.41, 5.74) is 0. The number of hydrogen-bond acceptors (Lipinski definition) is 5. The number of aliphatic carboxylic acids is 1. The van der Waals surface area contributed by atoms with Gasteiger partial charge in [0.05, 0.1) is 5.75 Å². The summed E-state index contributed by atoms with van der Waals surface area (Å²) < 4.78 is 2.02. The molecule has 0 saturated heterocycles. The highest BCUT2D eigenvalue weighted by Crippen LogP contribution is 2.17. The van der Waals surface area contributed by atoms with Gasteiger partial charge in [-0.25, -0.2) is 0 Å². The zero-order valence-electron chi connectivity index (χ0n) is 11.1. The summed E-state index contributed by atoms with van der Waals surface area (Å²) in [5.74, 6) is 0.120. The quantitative estimate of drug-likeness (QED) is 0.711. The van der Waals surface area contributed by atoms with Crippen molar-refractivity contribution >= 4 is 17.7 Å². The number of carboxylic acid groups (broad SMARTS) is 1. The van der Waals surface area contributed by atoms with Crippen molar-refractivity contribution in [2.45, 2.75) is 31.5 Å². The van der Waals surface area contributed by atoms with Crippen molar-refractivity contribution in [3.63, 3.8) is 0 Å². The molecule has 0 aliphatic rings. The Hall–Kier alpha value is -1.08. The van der Waals surface area contributed by atoms with Gasteiger partial charge in [0.25, 0.3) is 0 Å². The molecular weight excluding hydrogens is 252 g/mol. The molecule has 0 radical (unpaired) electrons. The van der Waals surface area contributed by atoms with E-state index in [-0.39, 0.29) is 5.75 Å². The van der Waals surface area contributed by atoms with Crippen LogP contribution < -0.4 is 0 Å². The van der Waals surface area contributed by atoms with E-state index < -0.39 is 5.97 Å². The Morgan fingerprint density at radius 1 is 1.44 bits per heavy atom. The fraction of sp³-hybridized carbons (Fsp3) is 0.727. The summed E-state index contributed by atoms with van der Waals surface area (Å²) in [6, 6.07) is 0. The molecule has 0 atom stereocenters. The standard InChI is InChI=1S/C11H20N4O2S/c1-4-6-15-9(5-7-14(2)3)12-13-11(15)18-8-10(16)17/h4-8H2,1-3H3,(H,16,17). The number of aromatic nitrogens is 3. The van der Waals surface area contributed by atoms with Gasteiger partial charge >= 0.3 is 5.97 Å². The van der Waals surface area contributed by atoms with Gasteiger partial charge in [-0.3, -0.25) is 4.79 Å². The lowest BCUT2D eigenvalue weighted by Crippen LogP contribution is -2.17. The normalized spacial score (nSPS) is 11.1. The molecular formula is C11H20N4O2S. The van der Waals surface area contributed by atoms with Crippen LogP contribution in [0, 0.1) is 0 Å². The van der Waals surface area contributed by atoms with E-state index in [4.69, 9.17) is 5.11 Å². The molecule has 0 unspecified atom stereocenters. The van der Waals surface area contributed by atoms with Gasteiger partial charge in [0.15, 0.2) is 5.16 Å². The topological polar surface area (TPSA) is 71.2 Å². The van der Waals surface area contributed by atoms with Crippen LogP contribution in [-0.2, 0) is 17.8 Å². The Morgan fingerprint density at radius 2 is 2.17 bits per heavy atom. The third-order valence-corrected chi connectivity index (χ3v) is 3.30. The highest BCUT2D eigenvalue weighted by atomic mass is 32.2. The zero-order valence-corrected chi connectivity index (χ0v) is 11.9. The SMILES string of the molecule is CCCn1c(CCN(C)C)nnc1SCC(=O)O. The second kappa shape index (κ2) is 7.38. The van der Waals surface area contributed by atoms with Gasteiger partial charge < -0.3 is 14.6 Å². The van der Waals surface area contributed by atoms with Crippen LogP contribution in [-0.4, -0.2) is 57.1 Å². The lowest BCUT2D eigenvalue weighted by molar-refractivity contribution is -0.133. The molecule has 1 N–H and O–H groups in total. The van der Waals surface area contributed by atoms with Crippen LogP contribution in [0.25, 0.3) is 0 Å². The molecule has 0 fully saturated rings. The first-order valence-corrected chi connectivity index (χ1v) is 6.94. The molecule has 0 saturated carbocycles. The first-order chi connectivity index (χ1) is 8.54. The molecule has 1 aromatic heterocycles. The van der Waals surface area contributed by atoms with E-state index in [0.29, 0.717) is 5.16 Å². The molecule has 102 valence electrons. The van der Waals surface area contributed by atoms with Gasteiger partial charge in [-0.15, -0.1) is 10.2 Å². The van der Waals surface area contributed by atoms with E-state index in [1.807, 2.05) is 18.7 Å². The van der Waals surface area contributed by atoms with E-state index in [1.165, 1.54) is 11.8 Å². The predicted octanol–water partition coefficient (Wildman–Crippen LogP) is 0.969. The van der Waals surface area contributed by atoms with Crippen molar-refractivity contribution in [2.24, 2.45) is 0 Å². The second-order valence-electron chi connectivity index (χ2n) is 4.29. The van der Waals surface area contributed by atoms with Crippen LogP contribution in [0.3, 0.4) is 0 Å². The highest BCUT2D eigenvalue weighted by Gasteiger charge is 2.13. The van der Waals surface area contributed by atoms with Gasteiger partial charge in [-0.05, 0) is 20.5 Å². The molecule has 1 rings (SSSR count). The van der Waals surface area contributed by atoms with Crippen LogP contribution in [0.1, 0.15) is 19.2 Å². The van der Waals surface area contributed by atoms with Gasteiger partial charge in [0.2, 0.25) is 0 Å². The minimum absolute atomic E-state index is 0.0233. The summed E-state index contributed by atoms with van der Waals surface area (Å²) in [4.78, 5) is 12.7. The first kappa shape index (κ1) is 15.0. The third-order valence-electron chi connectivity index (χ3n) is 2.35. The lowest BCUT2D eigenvalue weighted by Gasteiger charge is -2.11. The van der Waals surface area contributed by atoms with Gasteiger partial charge in [0, 0.05) is 19.5 Å². The minimum atomic E-state index is -0.833. The van der Waals surface area contributed by atoms with Gasteiger partial charge in [0.1, 0.15) is 5.82 Å². The zero-order chi connectivity index (χ0) is 13.5. The number of carbonyl (C=O) groups is 1. The van der Waals surface area contributed by atoms with Crippen LogP contribution in [0.4, 0.5) is 0 Å². The average molecular weight is 272 g/mol. The second-order valence-corrected chi connectivity index (χ2v) is 5.23. The summed E-state index contributed by atoms with van der Waals surface area (Å²) in [6.07, 6.45) is 1.81. The fourth-order valence-electron chi connectivity index (χ4n) is 1.51. The van der Waals surface area contributed by atoms with E-state index in [9.17, 15) is 4.79 Å². The smallest absolute Gasteiger partial charge is 0.313 e. The van der Waals surface area contributed by atoms with Crippen molar-refractivity contribution in [2.75, 3.05) is 26.4 Å². The molecule has 0 amide bonds. The van der Waals surface area contributed by atoms with E-state index >= 15 is 0 Å². The van der Waals surface area contributed by atoms with Crippen LogP contribution in [0.15, 0.2) is 5.16 Å². The number of thioether (sulfide) groups is 1. The number of nitrogens with zero attached hydrogens (tertiary/aromatic N) is 4. The van der Waals surface area contributed by atoms with Crippen molar-refractivity contribution in [1.29, 1.82) is 0 Å². The number of hydrogen-bond donors (Lipinski definition) is 1. The Morgan fingerprint density at radius 3 is 2.72 bits per heavy atom. The lowest BCUT2D eigenvalue weighted by atomic mass is 10.3. The number of carboxylic acids is 1. The first-order valence-electron chi connectivity index (χ1n) is 5.96. The molecule has 0 aromatic carbocycles. The van der Waals surface area contributed by atoms with Gasteiger partial charge in [-0.2, -0.15) is 0 Å². The Labute approximate surface area is 111 Å². The molecule has 1 heterocycles. The largest absolute Gasteiger partial charge is 0.481 e. The predicted molar refractivity (Wildman–Crippen MR) is 70.9 cm³/mol. The Kier molecular flexibility index (Phi) is 6.14. The van der Waals surface area contributed by atoms with E-state index in [2.05, 4.69) is 22.0 Å². The van der Waals surface area contributed by atoms with Crippen molar-refractivity contribution in [3.05, 3.63) is 5.82 Å². The molecule has 1 aromatic rings. The number of rotatable bonds is 8. The van der Waals surface area contributed by atoms with Gasteiger partial charge in [-0.1, -0.05) is 18.7 Å². The Bertz CT molecular complexity index is 392.